The van der Waals surface area contributed by atoms with E-state index in [0.29, 0.717) is 24.9 Å². The van der Waals surface area contributed by atoms with Crippen LogP contribution >= 0.6 is 12.4 Å². The van der Waals surface area contributed by atoms with Gasteiger partial charge in [0, 0.05) is 19.5 Å². The molecule has 0 aromatic heterocycles. The van der Waals surface area contributed by atoms with Gasteiger partial charge in [-0.3, -0.25) is 4.79 Å². The first-order valence-corrected chi connectivity index (χ1v) is 6.69. The van der Waals surface area contributed by atoms with Crippen LogP contribution in [0.3, 0.4) is 0 Å². The lowest BCUT2D eigenvalue weighted by molar-refractivity contribution is -0.146. The number of nitrogens with zero attached hydrogens (tertiary/aromatic N) is 1. The minimum absolute atomic E-state index is 0. The predicted octanol–water partition coefficient (Wildman–Crippen LogP) is 1.44. The zero-order valence-corrected chi connectivity index (χ0v) is 12.2. The SMILES string of the molecule is CC1(C)CN(C(=O)CCC2CCNC2)CCO1.Cl. The summed E-state index contributed by atoms with van der Waals surface area (Å²) >= 11 is 0. The van der Waals surface area contributed by atoms with Crippen molar-refractivity contribution in [2.75, 3.05) is 32.8 Å². The number of carbonyl (C=O) groups is 1. The largest absolute Gasteiger partial charge is 0.372 e. The van der Waals surface area contributed by atoms with Crippen LogP contribution in [0.4, 0.5) is 0 Å². The van der Waals surface area contributed by atoms with Crippen LogP contribution in [0, 0.1) is 5.92 Å². The molecule has 0 aromatic carbocycles. The van der Waals surface area contributed by atoms with Gasteiger partial charge < -0.3 is 15.0 Å². The number of halogens is 1. The molecule has 5 heteroatoms. The summed E-state index contributed by atoms with van der Waals surface area (Å²) in [5, 5.41) is 3.34. The quantitative estimate of drug-likeness (QED) is 0.848. The lowest BCUT2D eigenvalue weighted by atomic mass is 10.0. The molecule has 0 aliphatic carbocycles. The molecule has 1 N–H and O–H groups in total. The summed E-state index contributed by atoms with van der Waals surface area (Å²) in [6.07, 6.45) is 2.95. The highest BCUT2D eigenvalue weighted by molar-refractivity contribution is 5.85. The maximum atomic E-state index is 12.1. The van der Waals surface area contributed by atoms with Gasteiger partial charge in [-0.25, -0.2) is 0 Å². The molecule has 0 aromatic rings. The Kier molecular flexibility index (Phi) is 5.89. The highest BCUT2D eigenvalue weighted by Crippen LogP contribution is 2.19. The van der Waals surface area contributed by atoms with Crippen molar-refractivity contribution in [3.63, 3.8) is 0 Å². The molecule has 2 heterocycles. The van der Waals surface area contributed by atoms with E-state index in [1.807, 2.05) is 18.7 Å². The van der Waals surface area contributed by atoms with Crippen molar-refractivity contribution < 1.29 is 9.53 Å². The first kappa shape index (κ1) is 15.7. The first-order chi connectivity index (χ1) is 8.07. The van der Waals surface area contributed by atoms with Crippen LogP contribution in [0.25, 0.3) is 0 Å². The Morgan fingerprint density at radius 1 is 1.50 bits per heavy atom. The van der Waals surface area contributed by atoms with Crippen molar-refractivity contribution in [1.82, 2.24) is 10.2 Å². The topological polar surface area (TPSA) is 41.6 Å². The Morgan fingerprint density at radius 2 is 2.28 bits per heavy atom. The van der Waals surface area contributed by atoms with Gasteiger partial charge in [0.15, 0.2) is 0 Å². The zero-order valence-electron chi connectivity index (χ0n) is 11.4. The maximum Gasteiger partial charge on any atom is 0.222 e. The predicted molar refractivity (Wildman–Crippen MR) is 74.1 cm³/mol. The van der Waals surface area contributed by atoms with Gasteiger partial charge in [-0.05, 0) is 45.7 Å². The monoisotopic (exact) mass is 276 g/mol. The third-order valence-electron chi connectivity index (χ3n) is 3.71. The molecule has 18 heavy (non-hydrogen) atoms. The Labute approximate surface area is 116 Å². The average Bonchev–Trinajstić information content (AvgIpc) is 2.77. The van der Waals surface area contributed by atoms with E-state index < -0.39 is 0 Å². The van der Waals surface area contributed by atoms with Crippen molar-refractivity contribution in [2.45, 2.75) is 38.7 Å². The van der Waals surface area contributed by atoms with Crippen molar-refractivity contribution >= 4 is 18.3 Å². The minimum atomic E-state index is -0.178. The van der Waals surface area contributed by atoms with E-state index >= 15 is 0 Å². The molecular weight excluding hydrogens is 252 g/mol. The third kappa shape index (κ3) is 4.41. The number of ether oxygens (including phenoxy) is 1. The summed E-state index contributed by atoms with van der Waals surface area (Å²) in [4.78, 5) is 14.1. The average molecular weight is 277 g/mol. The van der Waals surface area contributed by atoms with Gasteiger partial charge >= 0.3 is 0 Å². The Hall–Kier alpha value is -0.320. The summed E-state index contributed by atoms with van der Waals surface area (Å²) in [5.41, 5.74) is -0.178. The molecule has 0 spiro atoms. The van der Waals surface area contributed by atoms with Crippen LogP contribution in [0.2, 0.25) is 0 Å². The third-order valence-corrected chi connectivity index (χ3v) is 3.71. The van der Waals surface area contributed by atoms with Crippen LogP contribution in [0.1, 0.15) is 33.1 Å². The molecule has 0 bridgehead atoms. The van der Waals surface area contributed by atoms with Gasteiger partial charge in [0.2, 0.25) is 5.91 Å². The van der Waals surface area contributed by atoms with Crippen LogP contribution in [-0.4, -0.2) is 49.2 Å². The summed E-state index contributed by atoms with van der Waals surface area (Å²) in [5.74, 6) is 1.00. The molecule has 2 fully saturated rings. The first-order valence-electron chi connectivity index (χ1n) is 6.69. The lowest BCUT2D eigenvalue weighted by Crippen LogP contribution is -2.50. The number of nitrogens with one attached hydrogen (secondary N) is 1. The number of carbonyl (C=O) groups excluding carboxylic acids is 1. The molecule has 0 saturated carbocycles. The van der Waals surface area contributed by atoms with E-state index in [1.54, 1.807) is 0 Å². The van der Waals surface area contributed by atoms with Crippen LogP contribution in [0.15, 0.2) is 0 Å². The fourth-order valence-corrected chi connectivity index (χ4v) is 2.68. The van der Waals surface area contributed by atoms with Gasteiger partial charge in [-0.15, -0.1) is 12.4 Å². The molecule has 2 aliphatic rings. The molecule has 1 atom stereocenters. The summed E-state index contributed by atoms with van der Waals surface area (Å²) in [6, 6.07) is 0. The van der Waals surface area contributed by atoms with Gasteiger partial charge in [0.05, 0.1) is 12.2 Å². The van der Waals surface area contributed by atoms with Gasteiger partial charge in [-0.1, -0.05) is 0 Å². The number of morpholine rings is 1. The second kappa shape index (κ2) is 6.73. The number of rotatable bonds is 3. The van der Waals surface area contributed by atoms with E-state index in [4.69, 9.17) is 4.74 Å². The maximum absolute atomic E-state index is 12.1. The van der Waals surface area contributed by atoms with Gasteiger partial charge in [-0.2, -0.15) is 0 Å². The van der Waals surface area contributed by atoms with E-state index in [0.717, 1.165) is 32.6 Å². The Balaban J connectivity index is 0.00000162. The number of hydrogen-bond acceptors (Lipinski definition) is 3. The van der Waals surface area contributed by atoms with Crippen LogP contribution < -0.4 is 5.32 Å². The summed E-state index contributed by atoms with van der Waals surface area (Å²) in [6.45, 7) is 8.45. The fourth-order valence-electron chi connectivity index (χ4n) is 2.68. The second-order valence-electron chi connectivity index (χ2n) is 5.82. The van der Waals surface area contributed by atoms with Gasteiger partial charge in [0.25, 0.3) is 0 Å². The van der Waals surface area contributed by atoms with Crippen LogP contribution in [0.5, 0.6) is 0 Å². The molecule has 1 amide bonds. The Bertz CT molecular complexity index is 278. The number of amides is 1. The molecule has 2 rings (SSSR count). The van der Waals surface area contributed by atoms with Crippen molar-refractivity contribution in [3.05, 3.63) is 0 Å². The highest BCUT2D eigenvalue weighted by Gasteiger charge is 2.30. The standard InChI is InChI=1S/C13H24N2O2.ClH/c1-13(2)10-15(7-8-17-13)12(16)4-3-11-5-6-14-9-11;/h11,14H,3-10H2,1-2H3;1H. The molecule has 2 aliphatic heterocycles. The summed E-state index contributed by atoms with van der Waals surface area (Å²) in [7, 11) is 0. The number of hydrogen-bond donors (Lipinski definition) is 1. The van der Waals surface area contributed by atoms with Crippen LogP contribution in [-0.2, 0) is 9.53 Å². The van der Waals surface area contributed by atoms with Crippen molar-refractivity contribution in [1.29, 1.82) is 0 Å². The molecule has 106 valence electrons. The smallest absolute Gasteiger partial charge is 0.222 e. The minimum Gasteiger partial charge on any atom is -0.372 e. The highest BCUT2D eigenvalue weighted by atomic mass is 35.5. The normalized spacial score (nSPS) is 26.8. The lowest BCUT2D eigenvalue weighted by Gasteiger charge is -2.38. The van der Waals surface area contributed by atoms with E-state index in [2.05, 4.69) is 5.32 Å². The molecule has 0 radical (unpaired) electrons. The van der Waals surface area contributed by atoms with E-state index in [-0.39, 0.29) is 18.0 Å². The fraction of sp³-hybridized carbons (Fsp3) is 0.923. The van der Waals surface area contributed by atoms with Crippen molar-refractivity contribution in [3.8, 4) is 0 Å². The molecule has 4 nitrogen and oxygen atoms in total. The molecule has 2 saturated heterocycles. The second-order valence-corrected chi connectivity index (χ2v) is 5.82. The molecular formula is C13H25ClN2O2. The summed E-state index contributed by atoms with van der Waals surface area (Å²) < 4.78 is 5.62. The Morgan fingerprint density at radius 3 is 2.89 bits per heavy atom. The van der Waals surface area contributed by atoms with Crippen molar-refractivity contribution in [2.24, 2.45) is 5.92 Å². The molecule has 1 unspecified atom stereocenters. The van der Waals surface area contributed by atoms with E-state index in [9.17, 15) is 4.79 Å². The van der Waals surface area contributed by atoms with E-state index in [1.165, 1.54) is 6.42 Å². The van der Waals surface area contributed by atoms with Gasteiger partial charge in [0.1, 0.15) is 0 Å². The zero-order chi connectivity index (χ0) is 12.3.